The highest BCUT2D eigenvalue weighted by Crippen LogP contribution is 2.31. The molecule has 1 aliphatic heterocycles. The van der Waals surface area contributed by atoms with Crippen molar-refractivity contribution in [3.63, 3.8) is 0 Å². The molecule has 8 nitrogen and oxygen atoms in total. The predicted octanol–water partition coefficient (Wildman–Crippen LogP) is 3.41. The number of benzene rings is 2. The molecule has 0 saturated heterocycles. The molecule has 2 aromatic heterocycles. The summed E-state index contributed by atoms with van der Waals surface area (Å²) >= 11 is 0. The fourth-order valence-electron chi connectivity index (χ4n) is 4.08. The molecule has 1 aliphatic rings. The zero-order chi connectivity index (χ0) is 23.5. The zero-order valence-electron chi connectivity index (χ0n) is 18.4. The van der Waals surface area contributed by atoms with Crippen LogP contribution in [0, 0.1) is 0 Å². The monoisotopic (exact) mass is 457 g/mol. The molecule has 9 heteroatoms. The number of halogens is 1. The number of nitrogens with zero attached hydrogens (tertiary/aromatic N) is 4. The van der Waals surface area contributed by atoms with Crippen molar-refractivity contribution < 1.29 is 8.91 Å². The Morgan fingerprint density at radius 1 is 1.09 bits per heavy atom. The van der Waals surface area contributed by atoms with Crippen molar-refractivity contribution in [2.45, 2.75) is 19.6 Å². The lowest BCUT2D eigenvalue weighted by Crippen LogP contribution is -2.32. The first-order chi connectivity index (χ1) is 16.7. The number of hydrazine groups is 1. The van der Waals surface area contributed by atoms with Crippen LogP contribution in [-0.2, 0) is 19.6 Å². The van der Waals surface area contributed by atoms with Crippen molar-refractivity contribution in [1.82, 2.24) is 20.4 Å². The Kier molecular flexibility index (Phi) is 6.03. The third-order valence-electron chi connectivity index (χ3n) is 5.85. The summed E-state index contributed by atoms with van der Waals surface area (Å²) in [5.74, 6) is 7.03. The van der Waals surface area contributed by atoms with E-state index in [1.165, 1.54) is 16.1 Å². The van der Waals surface area contributed by atoms with Crippen molar-refractivity contribution in [2.24, 2.45) is 11.6 Å². The van der Waals surface area contributed by atoms with Gasteiger partial charge in [0.05, 0.1) is 11.4 Å². The first kappa shape index (κ1) is 21.7. The summed E-state index contributed by atoms with van der Waals surface area (Å²) in [5.41, 5.74) is 12.0. The second-order valence-corrected chi connectivity index (χ2v) is 7.96. The number of aromatic nitrogens is 3. The SMILES string of the molecule is N/C(=C(/c1ccncc1)N(N)c1ccccc1CF)c1nc(-c2ccc3c(c2)CNCC3)no1. The van der Waals surface area contributed by atoms with Gasteiger partial charge in [-0.1, -0.05) is 35.5 Å². The first-order valence-corrected chi connectivity index (χ1v) is 10.9. The fraction of sp³-hybridized carbons (Fsp3) is 0.160. The molecule has 3 heterocycles. The molecule has 0 fully saturated rings. The smallest absolute Gasteiger partial charge is 0.276 e. The molecule has 0 saturated carbocycles. The highest BCUT2D eigenvalue weighted by atomic mass is 19.1. The highest BCUT2D eigenvalue weighted by Gasteiger charge is 2.22. The van der Waals surface area contributed by atoms with Crippen LogP contribution in [0.25, 0.3) is 22.8 Å². The van der Waals surface area contributed by atoms with Gasteiger partial charge in [-0.2, -0.15) is 4.98 Å². The highest BCUT2D eigenvalue weighted by molar-refractivity contribution is 5.94. The predicted molar refractivity (Wildman–Crippen MR) is 128 cm³/mol. The normalized spacial score (nSPS) is 13.8. The van der Waals surface area contributed by atoms with Crippen LogP contribution in [0.15, 0.2) is 71.5 Å². The maximum absolute atomic E-state index is 13.7. The molecule has 0 spiro atoms. The van der Waals surface area contributed by atoms with Gasteiger partial charge in [0.2, 0.25) is 5.82 Å². The van der Waals surface area contributed by atoms with Crippen LogP contribution in [0.2, 0.25) is 0 Å². The maximum atomic E-state index is 13.7. The van der Waals surface area contributed by atoms with E-state index in [-0.39, 0.29) is 11.6 Å². The Balaban J connectivity index is 1.57. The van der Waals surface area contributed by atoms with Gasteiger partial charge in [0.1, 0.15) is 12.4 Å². The third-order valence-corrected chi connectivity index (χ3v) is 5.85. The van der Waals surface area contributed by atoms with Gasteiger partial charge in [-0.15, -0.1) is 0 Å². The number of nitrogens with two attached hydrogens (primary N) is 2. The molecule has 0 atom stereocenters. The summed E-state index contributed by atoms with van der Waals surface area (Å²) < 4.78 is 19.2. The second kappa shape index (κ2) is 9.42. The zero-order valence-corrected chi connectivity index (χ0v) is 18.4. The number of anilines is 1. The van der Waals surface area contributed by atoms with Gasteiger partial charge in [0, 0.05) is 35.6 Å². The summed E-state index contributed by atoms with van der Waals surface area (Å²) in [7, 11) is 0. The Morgan fingerprint density at radius 3 is 2.74 bits per heavy atom. The molecular formula is C25H24FN7O. The molecule has 5 N–H and O–H groups in total. The van der Waals surface area contributed by atoms with Crippen molar-refractivity contribution in [2.75, 3.05) is 11.6 Å². The number of fused-ring (bicyclic) bond motifs is 1. The quantitative estimate of drug-likeness (QED) is 0.298. The van der Waals surface area contributed by atoms with Gasteiger partial charge in [-0.3, -0.25) is 9.99 Å². The van der Waals surface area contributed by atoms with Crippen LogP contribution in [-0.4, -0.2) is 21.7 Å². The Hall–Kier alpha value is -4.08. The van der Waals surface area contributed by atoms with E-state index in [0.29, 0.717) is 28.3 Å². The summed E-state index contributed by atoms with van der Waals surface area (Å²) in [5, 5.41) is 8.86. The number of hydrogen-bond donors (Lipinski definition) is 3. The van der Waals surface area contributed by atoms with E-state index in [1.54, 1.807) is 48.8 Å². The number of rotatable bonds is 6. The van der Waals surface area contributed by atoms with Gasteiger partial charge in [0.15, 0.2) is 0 Å². The van der Waals surface area contributed by atoms with E-state index in [9.17, 15) is 4.39 Å². The number of para-hydroxylation sites is 1. The molecule has 0 radical (unpaired) electrons. The van der Waals surface area contributed by atoms with Gasteiger partial charge in [-0.25, -0.2) is 10.2 Å². The van der Waals surface area contributed by atoms with Crippen LogP contribution >= 0.6 is 0 Å². The number of hydrogen-bond acceptors (Lipinski definition) is 8. The number of pyridine rings is 1. The summed E-state index contributed by atoms with van der Waals surface area (Å²) in [6.45, 7) is 1.10. The topological polar surface area (TPSA) is 119 Å². The molecule has 34 heavy (non-hydrogen) atoms. The van der Waals surface area contributed by atoms with E-state index in [2.05, 4.69) is 32.6 Å². The molecule has 172 valence electrons. The summed E-state index contributed by atoms with van der Waals surface area (Å²) in [6, 6.07) is 16.6. The van der Waals surface area contributed by atoms with Gasteiger partial charge < -0.3 is 15.6 Å². The average molecular weight is 458 g/mol. The molecular weight excluding hydrogens is 433 g/mol. The van der Waals surface area contributed by atoms with Crippen molar-refractivity contribution in [3.05, 3.63) is 95.1 Å². The van der Waals surface area contributed by atoms with Crippen LogP contribution in [0.5, 0.6) is 0 Å². The minimum atomic E-state index is -0.675. The van der Waals surface area contributed by atoms with E-state index in [0.717, 1.165) is 25.1 Å². The van der Waals surface area contributed by atoms with Crippen LogP contribution in [0.3, 0.4) is 0 Å². The molecule has 0 amide bonds. The molecule has 4 aromatic rings. The van der Waals surface area contributed by atoms with Gasteiger partial charge in [0.25, 0.3) is 5.89 Å². The van der Waals surface area contributed by atoms with Gasteiger partial charge >= 0.3 is 0 Å². The lowest BCUT2D eigenvalue weighted by atomic mass is 9.98. The average Bonchev–Trinajstić information content (AvgIpc) is 3.39. The molecule has 0 bridgehead atoms. The summed E-state index contributed by atoms with van der Waals surface area (Å²) in [4.78, 5) is 8.61. The molecule has 0 aliphatic carbocycles. The lowest BCUT2D eigenvalue weighted by Gasteiger charge is -2.25. The third kappa shape index (κ3) is 4.14. The number of nitrogens with one attached hydrogen (secondary N) is 1. The van der Waals surface area contributed by atoms with E-state index in [1.807, 2.05) is 6.07 Å². The maximum Gasteiger partial charge on any atom is 0.276 e. The summed E-state index contributed by atoms with van der Waals surface area (Å²) in [6.07, 6.45) is 4.24. The van der Waals surface area contributed by atoms with Crippen molar-refractivity contribution in [1.29, 1.82) is 0 Å². The van der Waals surface area contributed by atoms with E-state index < -0.39 is 6.67 Å². The van der Waals surface area contributed by atoms with Crippen molar-refractivity contribution in [3.8, 4) is 11.4 Å². The van der Waals surface area contributed by atoms with Crippen molar-refractivity contribution >= 4 is 17.1 Å². The standard InChI is InChI=1S/C25H24FN7O/c26-14-19-3-1-2-4-21(19)33(28)23(17-8-10-29-11-9-17)22(27)25-31-24(32-34-25)18-6-5-16-7-12-30-15-20(16)13-18/h1-6,8-11,13,30H,7,12,14-15,27-28H2/b23-22-. The molecule has 2 aromatic carbocycles. The Bertz CT molecular complexity index is 1340. The van der Waals surface area contributed by atoms with Gasteiger partial charge in [-0.05, 0) is 48.4 Å². The molecule has 5 rings (SSSR count). The Morgan fingerprint density at radius 2 is 1.91 bits per heavy atom. The lowest BCUT2D eigenvalue weighted by molar-refractivity contribution is 0.408. The Labute approximate surface area is 196 Å². The molecule has 0 unspecified atom stereocenters. The number of alkyl halides is 1. The van der Waals surface area contributed by atoms with Crippen LogP contribution in [0.4, 0.5) is 10.1 Å². The van der Waals surface area contributed by atoms with E-state index >= 15 is 0 Å². The minimum absolute atomic E-state index is 0.117. The fourth-order valence-corrected chi connectivity index (χ4v) is 4.08. The van der Waals surface area contributed by atoms with Crippen LogP contribution in [0.1, 0.15) is 28.1 Å². The largest absolute Gasteiger partial charge is 0.392 e. The van der Waals surface area contributed by atoms with Crippen LogP contribution < -0.4 is 21.9 Å². The first-order valence-electron chi connectivity index (χ1n) is 10.9. The van der Waals surface area contributed by atoms with E-state index in [4.69, 9.17) is 16.1 Å². The second-order valence-electron chi connectivity index (χ2n) is 7.96. The minimum Gasteiger partial charge on any atom is -0.392 e.